The summed E-state index contributed by atoms with van der Waals surface area (Å²) in [6, 6.07) is 23.5. The zero-order valence-corrected chi connectivity index (χ0v) is 33.7. The normalized spacial score (nSPS) is 21.2. The van der Waals surface area contributed by atoms with E-state index in [0.29, 0.717) is 71.4 Å². The van der Waals surface area contributed by atoms with Crippen LogP contribution in [-0.2, 0) is 31.9 Å². The lowest BCUT2D eigenvalue weighted by molar-refractivity contribution is -0.134. The van der Waals surface area contributed by atoms with Gasteiger partial charge in [-0.05, 0) is 104 Å². The summed E-state index contributed by atoms with van der Waals surface area (Å²) in [5.41, 5.74) is 2.63. The first-order valence-corrected chi connectivity index (χ1v) is 19.7. The van der Waals surface area contributed by atoms with Crippen molar-refractivity contribution in [3.05, 3.63) is 143 Å². The third-order valence-electron chi connectivity index (χ3n) is 10.7. The summed E-state index contributed by atoms with van der Waals surface area (Å²) >= 11 is 12.0. The Bertz CT molecular complexity index is 2110. The van der Waals surface area contributed by atoms with Crippen LogP contribution >= 0.6 is 23.2 Å². The maximum absolute atomic E-state index is 14.2. The van der Waals surface area contributed by atoms with Gasteiger partial charge in [-0.2, -0.15) is 0 Å². The Kier molecular flexibility index (Phi) is 15.3. The standard InChI is InChI=1S/C23H24B2ClFNO4.C21H21ClFNO2/c1-3-10-23(14-32-25(2)31)13-19(28(22(23)30)24-15-29)11-16-4-6-17(7-5-16)20-12-18(26)8-9-21(20)27;1-2-9-21(13-25)12-17(24-20(21)26)10-14-3-5-15(6-4-14)18-11-16(22)7-8-19(18)23/h3-9,12,15,19,31H,1,10-11,13-14H2,2H3;2-8,11,17,25H,1,9-10,12-13H2,(H,24,26)/t19-,23?;17-,21?/m11/s1. The van der Waals surface area contributed by atoms with Crippen LogP contribution in [0.3, 0.4) is 0 Å². The van der Waals surface area contributed by atoms with Gasteiger partial charge < -0.3 is 29.7 Å². The van der Waals surface area contributed by atoms with Gasteiger partial charge in [0.2, 0.25) is 11.8 Å². The van der Waals surface area contributed by atoms with Crippen molar-refractivity contribution in [2.45, 2.75) is 57.4 Å². The first-order valence-electron chi connectivity index (χ1n) is 18.9. The van der Waals surface area contributed by atoms with E-state index in [1.165, 1.54) is 43.3 Å². The molecule has 3 N–H and O–H groups in total. The van der Waals surface area contributed by atoms with E-state index in [9.17, 15) is 33.3 Å². The van der Waals surface area contributed by atoms with Crippen LogP contribution in [0.4, 0.5) is 8.78 Å². The fraction of sp³-hybridized carbons (Fsp3) is 0.295. The molecule has 4 atom stereocenters. The number of carbonyl (C=O) groups excluding carboxylic acids is 3. The highest BCUT2D eigenvalue weighted by Gasteiger charge is 2.51. The molecule has 2 aliphatic rings. The Morgan fingerprint density at radius 3 is 1.86 bits per heavy atom. The van der Waals surface area contributed by atoms with E-state index in [4.69, 9.17) is 27.9 Å². The molecule has 6 rings (SSSR count). The number of amides is 2. The van der Waals surface area contributed by atoms with E-state index in [1.54, 1.807) is 24.3 Å². The molecular formula is C44H45B2Cl2F2N2O6. The van der Waals surface area contributed by atoms with E-state index >= 15 is 0 Å². The number of nitrogens with one attached hydrogen (secondary N) is 1. The van der Waals surface area contributed by atoms with Gasteiger partial charge in [0.15, 0.2) is 0 Å². The largest absolute Gasteiger partial charge is 0.450 e. The van der Waals surface area contributed by atoms with Crippen LogP contribution < -0.4 is 5.32 Å². The molecule has 1 radical (unpaired) electrons. The third-order valence-corrected chi connectivity index (χ3v) is 11.2. The molecular weight excluding hydrogens is 783 g/mol. The average Bonchev–Trinajstić information content (AvgIpc) is 3.65. The molecule has 14 heteroatoms. The Hall–Kier alpha value is -4.58. The quantitative estimate of drug-likeness (QED) is 0.0601. The number of benzene rings is 4. The molecule has 2 amide bonds. The number of hydrogen-bond acceptors (Lipinski definition) is 6. The lowest BCUT2D eigenvalue weighted by atomic mass is 9.80. The molecule has 0 aromatic heterocycles. The second-order valence-corrected chi connectivity index (χ2v) is 15.8. The monoisotopic (exact) mass is 827 g/mol. The molecule has 2 fully saturated rings. The molecule has 4 aromatic carbocycles. The first kappa shape index (κ1) is 44.5. The molecule has 0 aliphatic carbocycles. The average molecular weight is 828 g/mol. The van der Waals surface area contributed by atoms with Gasteiger partial charge in [-0.3, -0.25) is 9.59 Å². The molecule has 2 aliphatic heterocycles. The van der Waals surface area contributed by atoms with Gasteiger partial charge in [-0.25, -0.2) is 8.78 Å². The van der Waals surface area contributed by atoms with Gasteiger partial charge in [0.1, 0.15) is 17.8 Å². The van der Waals surface area contributed by atoms with Crippen molar-refractivity contribution >= 4 is 55.7 Å². The van der Waals surface area contributed by atoms with Crippen LogP contribution in [0.1, 0.15) is 36.8 Å². The minimum atomic E-state index is -1.01. The predicted octanol–water partition coefficient (Wildman–Crippen LogP) is 7.92. The molecule has 2 heterocycles. The Morgan fingerprint density at radius 1 is 0.862 bits per heavy atom. The first-order chi connectivity index (χ1) is 27.8. The van der Waals surface area contributed by atoms with Crippen LogP contribution in [0.15, 0.2) is 110 Å². The van der Waals surface area contributed by atoms with Gasteiger partial charge in [-0.1, -0.05) is 83.9 Å². The van der Waals surface area contributed by atoms with Crippen molar-refractivity contribution in [2.24, 2.45) is 10.8 Å². The van der Waals surface area contributed by atoms with Crippen molar-refractivity contribution in [1.29, 1.82) is 0 Å². The van der Waals surface area contributed by atoms with Crippen molar-refractivity contribution in [3.8, 4) is 22.3 Å². The molecule has 8 nitrogen and oxygen atoms in total. The summed E-state index contributed by atoms with van der Waals surface area (Å²) in [6.45, 7) is 8.76. The van der Waals surface area contributed by atoms with Crippen molar-refractivity contribution in [3.63, 3.8) is 0 Å². The van der Waals surface area contributed by atoms with E-state index in [2.05, 4.69) is 18.5 Å². The fourth-order valence-corrected chi connectivity index (χ4v) is 8.12. The summed E-state index contributed by atoms with van der Waals surface area (Å²) in [6.07, 6.45) is 6.91. The number of rotatable bonds is 16. The van der Waals surface area contributed by atoms with E-state index < -0.39 is 17.9 Å². The Morgan fingerprint density at radius 2 is 1.38 bits per heavy atom. The summed E-state index contributed by atoms with van der Waals surface area (Å²) in [4.78, 5) is 38.1. The van der Waals surface area contributed by atoms with Crippen molar-refractivity contribution in [2.75, 3.05) is 13.2 Å². The van der Waals surface area contributed by atoms with Crippen LogP contribution in [0.25, 0.3) is 22.3 Å². The molecule has 0 bridgehead atoms. The molecule has 2 saturated heterocycles. The van der Waals surface area contributed by atoms with Crippen molar-refractivity contribution < 1.29 is 37.9 Å². The number of allylic oxidation sites excluding steroid dienone is 2. The molecule has 4 aromatic rings. The minimum Gasteiger partial charge on any atom is -0.427 e. The predicted molar refractivity (Wildman–Crippen MR) is 227 cm³/mol. The van der Waals surface area contributed by atoms with Crippen LogP contribution in [0.2, 0.25) is 16.9 Å². The maximum atomic E-state index is 14.2. The van der Waals surface area contributed by atoms with Gasteiger partial charge in [-0.15, -0.1) is 13.2 Å². The highest BCUT2D eigenvalue weighted by atomic mass is 35.5. The molecule has 301 valence electrons. The van der Waals surface area contributed by atoms with Crippen LogP contribution in [0.5, 0.6) is 0 Å². The second kappa shape index (κ2) is 19.9. The lowest BCUT2D eigenvalue weighted by Crippen LogP contribution is -2.42. The van der Waals surface area contributed by atoms with E-state index in [1.807, 2.05) is 48.5 Å². The summed E-state index contributed by atoms with van der Waals surface area (Å²) in [5.74, 6) is -1.03. The number of aliphatic hydroxyl groups excluding tert-OH is 1. The number of hydrogen-bond donors (Lipinski definition) is 3. The summed E-state index contributed by atoms with van der Waals surface area (Å²) in [7, 11) is 0.238. The van der Waals surface area contributed by atoms with Crippen molar-refractivity contribution in [1.82, 2.24) is 10.1 Å². The molecule has 2 unspecified atom stereocenters. The zero-order chi connectivity index (χ0) is 42.0. The van der Waals surface area contributed by atoms with E-state index in [-0.39, 0.29) is 48.7 Å². The Balaban J connectivity index is 0.000000226. The van der Waals surface area contributed by atoms with Crippen LogP contribution in [-0.4, -0.2) is 72.8 Å². The number of carbonyl (C=O) groups is 3. The highest BCUT2D eigenvalue weighted by molar-refractivity contribution is 6.66. The second-order valence-electron chi connectivity index (χ2n) is 14.9. The van der Waals surface area contributed by atoms with Gasteiger partial charge in [0.25, 0.3) is 0 Å². The Labute approximate surface area is 349 Å². The highest BCUT2D eigenvalue weighted by Crippen LogP contribution is 2.41. The summed E-state index contributed by atoms with van der Waals surface area (Å²) in [5, 5.41) is 23.1. The molecule has 0 saturated carbocycles. The fourth-order valence-electron chi connectivity index (χ4n) is 7.77. The zero-order valence-electron chi connectivity index (χ0n) is 32.2. The SMILES string of the molecule is C=CCC1(CO)C[C@@H](Cc2ccc(-c3cc(Cl)ccc3F)cc2)NC1=O.C=CCC1(COB(C)O)C[C@@H](Cc2ccc(-c3cc(Cl)ccc3F)cc2)N([B]C=O)C1=O. The summed E-state index contributed by atoms with van der Waals surface area (Å²) < 4.78 is 33.5. The lowest BCUT2D eigenvalue weighted by Gasteiger charge is -2.26. The maximum Gasteiger partial charge on any atom is 0.450 e. The van der Waals surface area contributed by atoms with Gasteiger partial charge in [0, 0.05) is 39.9 Å². The van der Waals surface area contributed by atoms with Crippen LogP contribution in [0, 0.1) is 22.5 Å². The smallest absolute Gasteiger partial charge is 0.427 e. The third kappa shape index (κ3) is 10.5. The number of halogens is 4. The number of aliphatic hydroxyl groups is 1. The van der Waals surface area contributed by atoms with E-state index in [0.717, 1.165) is 16.7 Å². The number of nitrogens with zero attached hydrogens (tertiary/aromatic N) is 1. The topological polar surface area (TPSA) is 116 Å². The minimum absolute atomic E-state index is 0.0300. The van der Waals surface area contributed by atoms with Gasteiger partial charge in [0.05, 0.1) is 17.4 Å². The molecule has 58 heavy (non-hydrogen) atoms. The van der Waals surface area contributed by atoms with Gasteiger partial charge >= 0.3 is 14.5 Å². The molecule has 0 spiro atoms.